The molecule has 0 radical (unpaired) electrons. The first-order valence-electron chi connectivity index (χ1n) is 10.1. The number of allylic oxidation sites excluding steroid dienone is 2. The SMILES string of the molecule is Clc1cccc(P(C=C2C(c3ccccc3)=Cc3ccccc32)c2ccccc2)c1Cl. The van der Waals surface area contributed by atoms with Crippen LogP contribution in [0.25, 0.3) is 17.2 Å². The molecule has 0 amide bonds. The van der Waals surface area contributed by atoms with Crippen LogP contribution in [-0.2, 0) is 0 Å². The molecular weight excluding hydrogens is 438 g/mol. The Labute approximate surface area is 194 Å². The highest BCUT2D eigenvalue weighted by atomic mass is 35.5. The summed E-state index contributed by atoms with van der Waals surface area (Å²) in [5.74, 6) is 2.40. The summed E-state index contributed by atoms with van der Waals surface area (Å²) in [6, 6.07) is 35.6. The molecule has 4 aromatic carbocycles. The minimum absolute atomic E-state index is 0.589. The molecule has 0 aromatic heterocycles. The number of hydrogen-bond donors (Lipinski definition) is 0. The van der Waals surface area contributed by atoms with Crippen molar-refractivity contribution in [3.05, 3.63) is 136 Å². The van der Waals surface area contributed by atoms with E-state index in [9.17, 15) is 0 Å². The molecule has 5 rings (SSSR count). The van der Waals surface area contributed by atoms with E-state index in [1.807, 2.05) is 18.2 Å². The van der Waals surface area contributed by atoms with Crippen molar-refractivity contribution in [2.45, 2.75) is 0 Å². The zero-order chi connectivity index (χ0) is 21.2. The first-order valence-corrected chi connectivity index (χ1v) is 12.3. The van der Waals surface area contributed by atoms with Gasteiger partial charge in [0.05, 0.1) is 10.0 Å². The number of benzene rings is 4. The monoisotopic (exact) mass is 456 g/mol. The molecule has 0 fully saturated rings. The second-order valence-electron chi connectivity index (χ2n) is 7.33. The lowest BCUT2D eigenvalue weighted by Crippen LogP contribution is -2.12. The quantitative estimate of drug-likeness (QED) is 0.272. The Morgan fingerprint density at radius 3 is 2.10 bits per heavy atom. The van der Waals surface area contributed by atoms with Crippen molar-refractivity contribution in [3.63, 3.8) is 0 Å². The van der Waals surface area contributed by atoms with Gasteiger partial charge >= 0.3 is 0 Å². The molecule has 1 aliphatic rings. The Morgan fingerprint density at radius 2 is 1.32 bits per heavy atom. The maximum Gasteiger partial charge on any atom is 0.0675 e. The van der Waals surface area contributed by atoms with Gasteiger partial charge in [-0.2, -0.15) is 0 Å². The predicted molar refractivity (Wildman–Crippen MR) is 138 cm³/mol. The van der Waals surface area contributed by atoms with Gasteiger partial charge in [0.15, 0.2) is 0 Å². The Bertz CT molecular complexity index is 1290. The van der Waals surface area contributed by atoms with E-state index in [4.69, 9.17) is 23.2 Å². The van der Waals surface area contributed by atoms with Gasteiger partial charge in [-0.1, -0.05) is 120 Å². The maximum absolute atomic E-state index is 6.72. The fourth-order valence-electron chi connectivity index (χ4n) is 3.92. The minimum atomic E-state index is -0.860. The molecule has 3 heteroatoms. The molecule has 0 bridgehead atoms. The van der Waals surface area contributed by atoms with Gasteiger partial charge in [0.2, 0.25) is 0 Å². The number of halogens is 2. The van der Waals surface area contributed by atoms with Crippen LogP contribution >= 0.6 is 31.1 Å². The van der Waals surface area contributed by atoms with Crippen LogP contribution in [0.1, 0.15) is 16.7 Å². The van der Waals surface area contributed by atoms with Crippen molar-refractivity contribution in [2.24, 2.45) is 0 Å². The highest BCUT2D eigenvalue weighted by Gasteiger charge is 2.23. The third kappa shape index (κ3) is 4.00. The van der Waals surface area contributed by atoms with Crippen molar-refractivity contribution in [3.8, 4) is 0 Å². The maximum atomic E-state index is 6.72. The van der Waals surface area contributed by atoms with E-state index in [1.165, 1.54) is 33.1 Å². The molecule has 0 heterocycles. The summed E-state index contributed by atoms with van der Waals surface area (Å²) in [6.07, 6.45) is 2.29. The average molecular weight is 457 g/mol. The standard InChI is InChI=1S/C28H19Cl2P/c29-26-16-9-17-27(28(26)30)31(22-13-5-2-6-14-22)19-25-23-15-8-7-12-21(23)18-24(25)20-10-3-1-4-11-20/h1-19H. The van der Waals surface area contributed by atoms with Crippen molar-refractivity contribution in [1.82, 2.24) is 0 Å². The van der Waals surface area contributed by atoms with Crippen LogP contribution in [0, 0.1) is 0 Å². The van der Waals surface area contributed by atoms with Crippen LogP contribution in [0.2, 0.25) is 10.0 Å². The lowest BCUT2D eigenvalue weighted by atomic mass is 9.99. The lowest BCUT2D eigenvalue weighted by Gasteiger charge is -2.19. The molecule has 0 nitrogen and oxygen atoms in total. The van der Waals surface area contributed by atoms with Gasteiger partial charge in [0.1, 0.15) is 0 Å². The Balaban J connectivity index is 1.73. The number of fused-ring (bicyclic) bond motifs is 1. The van der Waals surface area contributed by atoms with Gasteiger partial charge in [-0.15, -0.1) is 0 Å². The topological polar surface area (TPSA) is 0 Å². The molecule has 1 atom stereocenters. The van der Waals surface area contributed by atoms with Crippen LogP contribution in [0.3, 0.4) is 0 Å². The van der Waals surface area contributed by atoms with E-state index >= 15 is 0 Å². The van der Waals surface area contributed by atoms with E-state index in [1.54, 1.807) is 0 Å². The summed E-state index contributed by atoms with van der Waals surface area (Å²) in [5, 5.41) is 3.53. The molecule has 0 saturated carbocycles. The lowest BCUT2D eigenvalue weighted by molar-refractivity contribution is 1.61. The van der Waals surface area contributed by atoms with Crippen LogP contribution in [-0.4, -0.2) is 0 Å². The Hall–Kier alpha value is -2.63. The normalized spacial score (nSPS) is 14.9. The van der Waals surface area contributed by atoms with Crippen LogP contribution in [0.15, 0.2) is 109 Å². The second kappa shape index (κ2) is 8.85. The summed E-state index contributed by atoms with van der Waals surface area (Å²) >= 11 is 13.1. The van der Waals surface area contributed by atoms with Crippen molar-refractivity contribution in [1.29, 1.82) is 0 Å². The zero-order valence-corrected chi connectivity index (χ0v) is 19.1. The second-order valence-corrected chi connectivity index (χ2v) is 10.1. The third-order valence-electron chi connectivity index (χ3n) is 5.41. The summed E-state index contributed by atoms with van der Waals surface area (Å²) in [5.41, 5.74) is 6.19. The van der Waals surface area contributed by atoms with E-state index in [2.05, 4.69) is 96.8 Å². The minimum Gasteiger partial charge on any atom is -0.0827 e. The number of rotatable bonds is 4. The molecular formula is C28H19Cl2P. The highest BCUT2D eigenvalue weighted by molar-refractivity contribution is 7.76. The fourth-order valence-corrected chi connectivity index (χ4v) is 6.74. The van der Waals surface area contributed by atoms with E-state index < -0.39 is 7.92 Å². The molecule has 0 saturated heterocycles. The fraction of sp³-hybridized carbons (Fsp3) is 0. The molecule has 1 aliphatic carbocycles. The van der Waals surface area contributed by atoms with E-state index in [-0.39, 0.29) is 0 Å². The van der Waals surface area contributed by atoms with E-state index in [0.29, 0.717) is 10.0 Å². The summed E-state index contributed by atoms with van der Waals surface area (Å²) < 4.78 is 0. The molecule has 0 N–H and O–H groups in total. The van der Waals surface area contributed by atoms with Crippen molar-refractivity contribution >= 4 is 59.0 Å². The van der Waals surface area contributed by atoms with Gasteiger partial charge in [-0.25, -0.2) is 0 Å². The molecule has 0 aliphatic heterocycles. The summed E-state index contributed by atoms with van der Waals surface area (Å²) in [4.78, 5) is 0. The predicted octanol–water partition coefficient (Wildman–Crippen LogP) is 8.02. The molecule has 150 valence electrons. The van der Waals surface area contributed by atoms with Gasteiger partial charge in [-0.3, -0.25) is 0 Å². The molecule has 31 heavy (non-hydrogen) atoms. The third-order valence-corrected chi connectivity index (χ3v) is 8.62. The summed E-state index contributed by atoms with van der Waals surface area (Å²) in [7, 11) is -0.860. The largest absolute Gasteiger partial charge is 0.0827 e. The smallest absolute Gasteiger partial charge is 0.0675 e. The van der Waals surface area contributed by atoms with Crippen molar-refractivity contribution in [2.75, 3.05) is 0 Å². The van der Waals surface area contributed by atoms with Crippen LogP contribution in [0.4, 0.5) is 0 Å². The van der Waals surface area contributed by atoms with Gasteiger partial charge in [-0.05, 0) is 59.0 Å². The van der Waals surface area contributed by atoms with Gasteiger partial charge in [0.25, 0.3) is 0 Å². The molecule has 0 spiro atoms. The van der Waals surface area contributed by atoms with Crippen LogP contribution in [0.5, 0.6) is 0 Å². The summed E-state index contributed by atoms with van der Waals surface area (Å²) in [6.45, 7) is 0. The van der Waals surface area contributed by atoms with Crippen molar-refractivity contribution < 1.29 is 0 Å². The van der Waals surface area contributed by atoms with Gasteiger partial charge in [0, 0.05) is 5.30 Å². The number of hydrogen-bond acceptors (Lipinski definition) is 0. The molecule has 1 unspecified atom stereocenters. The first kappa shape index (κ1) is 20.3. The van der Waals surface area contributed by atoms with E-state index in [0.717, 1.165) is 5.30 Å². The molecule has 4 aromatic rings. The average Bonchev–Trinajstić information content (AvgIpc) is 3.19. The first-order chi connectivity index (χ1) is 15.2. The zero-order valence-electron chi connectivity index (χ0n) is 16.7. The Kier molecular flexibility index (Phi) is 5.79. The van der Waals surface area contributed by atoms with Crippen LogP contribution < -0.4 is 10.6 Å². The Morgan fingerprint density at radius 1 is 0.645 bits per heavy atom. The highest BCUT2D eigenvalue weighted by Crippen LogP contribution is 2.48. The van der Waals surface area contributed by atoms with Gasteiger partial charge < -0.3 is 0 Å².